The summed E-state index contributed by atoms with van der Waals surface area (Å²) >= 11 is 0. The molecule has 2 aromatic heterocycles. The highest BCUT2D eigenvalue weighted by Gasteiger charge is 2.33. The molecule has 0 amide bonds. The van der Waals surface area contributed by atoms with Crippen LogP contribution in [0, 0.1) is 40.9 Å². The lowest BCUT2D eigenvalue weighted by atomic mass is 9.96. The van der Waals surface area contributed by atoms with Crippen molar-refractivity contribution in [1.82, 2.24) is 25.9 Å². The number of hydrazine groups is 2. The highest BCUT2D eigenvalue weighted by molar-refractivity contribution is 5.99. The van der Waals surface area contributed by atoms with Gasteiger partial charge in [-0.05, 0) is 43.4 Å². The molecule has 1 fully saturated rings. The van der Waals surface area contributed by atoms with Crippen LogP contribution in [-0.2, 0) is 0 Å². The van der Waals surface area contributed by atoms with Gasteiger partial charge in [0, 0.05) is 47.3 Å². The Balaban J connectivity index is 1.61. The molecule has 3 aromatic rings. The molecule has 1 atom stereocenters. The van der Waals surface area contributed by atoms with Crippen molar-refractivity contribution in [1.29, 1.82) is 10.5 Å². The molecule has 1 saturated carbocycles. The van der Waals surface area contributed by atoms with Gasteiger partial charge in [0.1, 0.15) is 12.1 Å². The number of anilines is 2. The highest BCUT2D eigenvalue weighted by atomic mass is 19.1. The summed E-state index contributed by atoms with van der Waals surface area (Å²) in [6.45, 7) is 8.71. The van der Waals surface area contributed by atoms with Crippen molar-refractivity contribution in [3.8, 4) is 12.1 Å². The van der Waals surface area contributed by atoms with E-state index in [2.05, 4.69) is 64.5 Å². The zero-order valence-electron chi connectivity index (χ0n) is 21.9. The van der Waals surface area contributed by atoms with E-state index in [1.54, 1.807) is 19.1 Å². The maximum absolute atomic E-state index is 13.9. The topological polar surface area (TPSA) is 125 Å². The van der Waals surface area contributed by atoms with E-state index in [4.69, 9.17) is 0 Å². The van der Waals surface area contributed by atoms with Crippen LogP contribution >= 0.6 is 0 Å². The summed E-state index contributed by atoms with van der Waals surface area (Å²) in [7, 11) is 0. The first-order valence-electron chi connectivity index (χ1n) is 12.6. The van der Waals surface area contributed by atoms with E-state index in [-0.39, 0.29) is 5.41 Å². The Bertz CT molecular complexity index is 1510. The van der Waals surface area contributed by atoms with Gasteiger partial charge in [0.05, 0.1) is 34.1 Å². The Morgan fingerprint density at radius 1 is 1.18 bits per heavy atom. The summed E-state index contributed by atoms with van der Waals surface area (Å²) in [5, 5.41) is 29.4. The van der Waals surface area contributed by atoms with Gasteiger partial charge in [-0.1, -0.05) is 26.8 Å². The van der Waals surface area contributed by atoms with Gasteiger partial charge in [-0.2, -0.15) is 14.9 Å². The Morgan fingerprint density at radius 3 is 2.61 bits per heavy atom. The van der Waals surface area contributed by atoms with Gasteiger partial charge < -0.3 is 16.1 Å². The van der Waals surface area contributed by atoms with Gasteiger partial charge in [-0.3, -0.25) is 9.99 Å². The summed E-state index contributed by atoms with van der Waals surface area (Å²) < 4.78 is 13.9. The Hall–Kier alpha value is -4.41. The molecule has 1 aromatic carbocycles. The van der Waals surface area contributed by atoms with Gasteiger partial charge in [-0.25, -0.2) is 4.98 Å². The molecule has 1 aliphatic carbocycles. The van der Waals surface area contributed by atoms with E-state index in [1.165, 1.54) is 12.3 Å². The van der Waals surface area contributed by atoms with E-state index < -0.39 is 12.0 Å². The standard InChI is InChI=1S/C28H30FN9/c1-16-21(7-8-24(29)34-16)27(23-14-38(37-36-23)20-5-6-20)35-19-9-17(11-30)25-22(10-19)26(18(12-31)13-32-25)33-15-28(2,3)4/h7-10,13-14,20,27,35-37H,5-6,15H2,1-4H3,(H,32,33)/t27-/m0/s1. The first-order chi connectivity index (χ1) is 18.2. The fraction of sp³-hybridized carbons (Fsp3) is 0.357. The van der Waals surface area contributed by atoms with E-state index in [1.807, 2.05) is 17.3 Å². The molecule has 3 heterocycles. The molecule has 0 unspecified atom stereocenters. The molecule has 2 aliphatic rings. The lowest BCUT2D eigenvalue weighted by Gasteiger charge is -2.24. The monoisotopic (exact) mass is 511 g/mol. The minimum Gasteiger partial charge on any atom is -0.383 e. The van der Waals surface area contributed by atoms with Gasteiger partial charge in [-0.15, -0.1) is 5.53 Å². The van der Waals surface area contributed by atoms with Crippen LogP contribution in [0.5, 0.6) is 0 Å². The molecule has 1 aliphatic heterocycles. The molecule has 5 rings (SSSR count). The number of hydrogen-bond acceptors (Lipinski definition) is 9. The number of benzene rings is 1. The van der Waals surface area contributed by atoms with Gasteiger partial charge in [0.2, 0.25) is 5.95 Å². The van der Waals surface area contributed by atoms with Crippen molar-refractivity contribution < 1.29 is 4.39 Å². The number of hydrogen-bond donors (Lipinski definition) is 4. The first kappa shape index (κ1) is 25.2. The number of nitriles is 2. The zero-order chi connectivity index (χ0) is 27.0. The van der Waals surface area contributed by atoms with Crippen molar-refractivity contribution in [2.45, 2.75) is 52.6 Å². The molecule has 0 spiro atoms. The number of pyridine rings is 2. The third-order valence-corrected chi connectivity index (χ3v) is 6.58. The minimum atomic E-state index is -0.543. The molecule has 0 saturated heterocycles. The predicted octanol–water partition coefficient (Wildman–Crippen LogP) is 4.76. The van der Waals surface area contributed by atoms with Crippen LogP contribution in [0.15, 0.2) is 42.4 Å². The molecular weight excluding hydrogens is 481 g/mol. The fourth-order valence-corrected chi connectivity index (χ4v) is 4.48. The minimum absolute atomic E-state index is 0.0322. The zero-order valence-corrected chi connectivity index (χ0v) is 21.9. The second kappa shape index (κ2) is 9.81. The van der Waals surface area contributed by atoms with Crippen molar-refractivity contribution in [3.63, 3.8) is 0 Å². The maximum Gasteiger partial charge on any atom is 0.213 e. The van der Waals surface area contributed by atoms with Crippen LogP contribution in [0.3, 0.4) is 0 Å². The van der Waals surface area contributed by atoms with Crippen LogP contribution in [0.25, 0.3) is 10.9 Å². The van der Waals surface area contributed by atoms with Gasteiger partial charge in [0.25, 0.3) is 0 Å². The van der Waals surface area contributed by atoms with E-state index >= 15 is 0 Å². The quantitative estimate of drug-likeness (QED) is 0.332. The molecule has 38 heavy (non-hydrogen) atoms. The van der Waals surface area contributed by atoms with Crippen molar-refractivity contribution in [2.24, 2.45) is 5.41 Å². The first-order valence-corrected chi connectivity index (χ1v) is 12.6. The summed E-state index contributed by atoms with van der Waals surface area (Å²) in [6, 6.07) is 11.2. The SMILES string of the molecule is Cc1nc(F)ccc1[C@H](Nc1cc(C#N)c2ncc(C#N)c(NCC(C)(C)C)c2c1)C1=CN(C2CC2)NN1. The average molecular weight is 512 g/mol. The number of aryl methyl sites for hydroxylation is 1. The van der Waals surface area contributed by atoms with Crippen molar-refractivity contribution >= 4 is 22.3 Å². The molecule has 0 bridgehead atoms. The molecule has 10 heteroatoms. The summed E-state index contributed by atoms with van der Waals surface area (Å²) in [5.74, 6) is -0.543. The maximum atomic E-state index is 13.9. The van der Waals surface area contributed by atoms with E-state index in [0.717, 1.165) is 24.1 Å². The normalized spacial score (nSPS) is 15.9. The summed E-state index contributed by atoms with van der Waals surface area (Å²) in [4.78, 5) is 8.48. The number of nitrogens with one attached hydrogen (secondary N) is 4. The van der Waals surface area contributed by atoms with Crippen molar-refractivity contribution in [3.05, 3.63) is 70.7 Å². The number of halogens is 1. The van der Waals surface area contributed by atoms with Crippen LogP contribution in [0.2, 0.25) is 0 Å². The number of fused-ring (bicyclic) bond motifs is 1. The Morgan fingerprint density at radius 2 is 1.95 bits per heavy atom. The third kappa shape index (κ3) is 5.17. The Labute approximate surface area is 221 Å². The number of nitrogens with zero attached hydrogens (tertiary/aromatic N) is 5. The van der Waals surface area contributed by atoms with Crippen molar-refractivity contribution in [2.75, 3.05) is 17.2 Å². The van der Waals surface area contributed by atoms with E-state index in [9.17, 15) is 14.9 Å². The fourth-order valence-electron chi connectivity index (χ4n) is 4.48. The second-order valence-corrected chi connectivity index (χ2v) is 11.0. The Kier molecular flexibility index (Phi) is 6.52. The van der Waals surface area contributed by atoms with E-state index in [0.29, 0.717) is 51.7 Å². The molecule has 9 nitrogen and oxygen atoms in total. The number of rotatable bonds is 7. The van der Waals surface area contributed by atoms with Crippen LogP contribution < -0.4 is 21.6 Å². The highest BCUT2D eigenvalue weighted by Crippen LogP contribution is 2.36. The van der Waals surface area contributed by atoms with Crippen LogP contribution in [0.1, 0.15) is 62.0 Å². The summed E-state index contributed by atoms with van der Waals surface area (Å²) in [5.41, 5.74) is 11.2. The molecule has 194 valence electrons. The smallest absolute Gasteiger partial charge is 0.213 e. The van der Waals surface area contributed by atoms with Gasteiger partial charge in [0.15, 0.2) is 0 Å². The van der Waals surface area contributed by atoms with Crippen LogP contribution in [-0.4, -0.2) is 27.6 Å². The predicted molar refractivity (Wildman–Crippen MR) is 144 cm³/mol. The summed E-state index contributed by atoms with van der Waals surface area (Å²) in [6.07, 6.45) is 5.74. The lowest BCUT2D eigenvalue weighted by molar-refractivity contribution is 0.260. The molecule has 0 radical (unpaired) electrons. The largest absolute Gasteiger partial charge is 0.383 e. The molecule has 4 N–H and O–H groups in total. The average Bonchev–Trinajstić information content (AvgIpc) is 3.61. The van der Waals surface area contributed by atoms with Crippen LogP contribution in [0.4, 0.5) is 15.8 Å². The second-order valence-electron chi connectivity index (χ2n) is 11.0. The third-order valence-electron chi connectivity index (χ3n) is 6.58. The number of aromatic nitrogens is 2. The lowest BCUT2D eigenvalue weighted by Crippen LogP contribution is -2.38. The molecular formula is C28H30FN9. The van der Waals surface area contributed by atoms with Gasteiger partial charge >= 0.3 is 0 Å².